The standard InChI is InChI=1S/C11H12F2O/c1-3-11(14)7(2)8-4-9(12)6-10(13)5-8/h4-7H,3H2,1-2H3. The molecule has 0 saturated carbocycles. The van der Waals surface area contributed by atoms with Gasteiger partial charge in [-0.3, -0.25) is 4.79 Å². The Bertz CT molecular complexity index is 327. The number of ketones is 1. The van der Waals surface area contributed by atoms with Crippen molar-refractivity contribution in [1.82, 2.24) is 0 Å². The van der Waals surface area contributed by atoms with Gasteiger partial charge in [0.1, 0.15) is 17.4 Å². The molecule has 1 rings (SSSR count). The van der Waals surface area contributed by atoms with Crippen molar-refractivity contribution in [1.29, 1.82) is 0 Å². The fraction of sp³-hybridized carbons (Fsp3) is 0.364. The van der Waals surface area contributed by atoms with Crippen LogP contribution in [0.1, 0.15) is 31.7 Å². The molecule has 0 fully saturated rings. The van der Waals surface area contributed by atoms with Gasteiger partial charge in [0.2, 0.25) is 0 Å². The van der Waals surface area contributed by atoms with Crippen LogP contribution < -0.4 is 0 Å². The molecule has 1 atom stereocenters. The third-order valence-corrected chi connectivity index (χ3v) is 2.22. The van der Waals surface area contributed by atoms with Crippen LogP contribution in [0.5, 0.6) is 0 Å². The quantitative estimate of drug-likeness (QED) is 0.729. The SMILES string of the molecule is CCC(=O)C(C)c1cc(F)cc(F)c1. The fourth-order valence-corrected chi connectivity index (χ4v) is 1.32. The third-order valence-electron chi connectivity index (χ3n) is 2.22. The monoisotopic (exact) mass is 198 g/mol. The van der Waals surface area contributed by atoms with E-state index in [0.29, 0.717) is 12.0 Å². The van der Waals surface area contributed by atoms with Crippen LogP contribution in [0.25, 0.3) is 0 Å². The lowest BCUT2D eigenvalue weighted by Crippen LogP contribution is -2.08. The average Bonchev–Trinajstić information content (AvgIpc) is 2.14. The molecule has 1 aromatic rings. The van der Waals surface area contributed by atoms with Crippen LogP contribution in [0, 0.1) is 11.6 Å². The molecule has 1 nitrogen and oxygen atoms in total. The molecule has 0 N–H and O–H groups in total. The Balaban J connectivity index is 3.00. The van der Waals surface area contributed by atoms with Crippen molar-refractivity contribution in [2.75, 3.05) is 0 Å². The van der Waals surface area contributed by atoms with Crippen LogP contribution >= 0.6 is 0 Å². The summed E-state index contributed by atoms with van der Waals surface area (Å²) in [6.07, 6.45) is 0.374. The molecule has 0 heterocycles. The molecule has 0 saturated heterocycles. The summed E-state index contributed by atoms with van der Waals surface area (Å²) in [5.41, 5.74) is 0.398. The minimum Gasteiger partial charge on any atom is -0.299 e. The van der Waals surface area contributed by atoms with Gasteiger partial charge >= 0.3 is 0 Å². The molecule has 1 unspecified atom stereocenters. The van der Waals surface area contributed by atoms with E-state index in [4.69, 9.17) is 0 Å². The van der Waals surface area contributed by atoms with Crippen LogP contribution in [-0.2, 0) is 4.79 Å². The molecule has 0 amide bonds. The molecule has 0 bridgehead atoms. The van der Waals surface area contributed by atoms with Crippen molar-refractivity contribution in [2.24, 2.45) is 0 Å². The lowest BCUT2D eigenvalue weighted by atomic mass is 9.95. The molecule has 0 radical (unpaired) electrons. The topological polar surface area (TPSA) is 17.1 Å². The van der Waals surface area contributed by atoms with Crippen molar-refractivity contribution in [2.45, 2.75) is 26.2 Å². The summed E-state index contributed by atoms with van der Waals surface area (Å²) < 4.78 is 25.6. The summed E-state index contributed by atoms with van der Waals surface area (Å²) in [5, 5.41) is 0. The van der Waals surface area contributed by atoms with Gasteiger partial charge in [0.25, 0.3) is 0 Å². The summed E-state index contributed by atoms with van der Waals surface area (Å²) in [4.78, 5) is 11.3. The van der Waals surface area contributed by atoms with E-state index in [9.17, 15) is 13.6 Å². The number of benzene rings is 1. The van der Waals surface area contributed by atoms with Crippen molar-refractivity contribution in [3.8, 4) is 0 Å². The molecule has 0 aromatic heterocycles. The zero-order chi connectivity index (χ0) is 10.7. The van der Waals surface area contributed by atoms with Crippen molar-refractivity contribution in [3.63, 3.8) is 0 Å². The predicted molar refractivity (Wildman–Crippen MR) is 50.1 cm³/mol. The highest BCUT2D eigenvalue weighted by atomic mass is 19.1. The second-order valence-corrected chi connectivity index (χ2v) is 3.24. The van der Waals surface area contributed by atoms with Gasteiger partial charge in [-0.2, -0.15) is 0 Å². The first-order valence-electron chi connectivity index (χ1n) is 4.53. The number of rotatable bonds is 3. The second kappa shape index (κ2) is 4.31. The summed E-state index contributed by atoms with van der Waals surface area (Å²) in [7, 11) is 0. The van der Waals surface area contributed by atoms with E-state index in [1.54, 1.807) is 13.8 Å². The van der Waals surface area contributed by atoms with Crippen LogP contribution in [0.4, 0.5) is 8.78 Å². The van der Waals surface area contributed by atoms with Gasteiger partial charge in [-0.05, 0) is 17.7 Å². The highest BCUT2D eigenvalue weighted by Crippen LogP contribution is 2.19. The highest BCUT2D eigenvalue weighted by molar-refractivity contribution is 5.84. The number of Topliss-reactive ketones (excluding diaryl/α,β-unsaturated/α-hetero) is 1. The summed E-state index contributed by atoms with van der Waals surface area (Å²) in [6, 6.07) is 3.19. The molecule has 0 aliphatic carbocycles. The van der Waals surface area contributed by atoms with Gasteiger partial charge in [-0.15, -0.1) is 0 Å². The Morgan fingerprint density at radius 3 is 2.21 bits per heavy atom. The molecular weight excluding hydrogens is 186 g/mol. The molecule has 3 heteroatoms. The molecule has 0 spiro atoms. The first-order valence-corrected chi connectivity index (χ1v) is 4.53. The normalized spacial score (nSPS) is 12.6. The number of hydrogen-bond donors (Lipinski definition) is 0. The van der Waals surface area contributed by atoms with E-state index in [1.165, 1.54) is 12.1 Å². The molecule has 1 aromatic carbocycles. The first kappa shape index (κ1) is 10.8. The zero-order valence-electron chi connectivity index (χ0n) is 8.18. The fourth-order valence-electron chi connectivity index (χ4n) is 1.32. The molecule has 0 aliphatic heterocycles. The summed E-state index contributed by atoms with van der Waals surface area (Å²) in [5.74, 6) is -1.74. The Morgan fingerprint density at radius 2 is 1.79 bits per heavy atom. The Hall–Kier alpha value is -1.25. The summed E-state index contributed by atoms with van der Waals surface area (Å²) >= 11 is 0. The lowest BCUT2D eigenvalue weighted by Gasteiger charge is -2.09. The predicted octanol–water partition coefficient (Wildman–Crippen LogP) is 3.05. The maximum atomic E-state index is 12.8. The lowest BCUT2D eigenvalue weighted by molar-refractivity contribution is -0.119. The maximum Gasteiger partial charge on any atom is 0.139 e. The van der Waals surface area contributed by atoms with Crippen LogP contribution in [0.3, 0.4) is 0 Å². The average molecular weight is 198 g/mol. The smallest absolute Gasteiger partial charge is 0.139 e. The third kappa shape index (κ3) is 2.37. The highest BCUT2D eigenvalue weighted by Gasteiger charge is 2.14. The number of hydrogen-bond acceptors (Lipinski definition) is 1. The minimum atomic E-state index is -0.643. The molecular formula is C11H12F2O. The van der Waals surface area contributed by atoms with Crippen LogP contribution in [0.2, 0.25) is 0 Å². The largest absolute Gasteiger partial charge is 0.299 e. The zero-order valence-corrected chi connectivity index (χ0v) is 8.18. The van der Waals surface area contributed by atoms with Crippen molar-refractivity contribution >= 4 is 5.78 Å². The maximum absolute atomic E-state index is 12.8. The van der Waals surface area contributed by atoms with E-state index >= 15 is 0 Å². The van der Waals surface area contributed by atoms with Gasteiger partial charge in [0.15, 0.2) is 0 Å². The Kier molecular flexibility index (Phi) is 3.33. The molecule has 76 valence electrons. The van der Waals surface area contributed by atoms with E-state index < -0.39 is 17.6 Å². The Morgan fingerprint density at radius 1 is 1.29 bits per heavy atom. The Labute approximate surface area is 81.7 Å². The van der Waals surface area contributed by atoms with Gasteiger partial charge in [0, 0.05) is 18.4 Å². The van der Waals surface area contributed by atoms with Gasteiger partial charge in [0.05, 0.1) is 0 Å². The van der Waals surface area contributed by atoms with Crippen LogP contribution in [-0.4, -0.2) is 5.78 Å². The second-order valence-electron chi connectivity index (χ2n) is 3.24. The number of carbonyl (C=O) groups excluding carboxylic acids is 1. The van der Waals surface area contributed by atoms with Crippen molar-refractivity contribution < 1.29 is 13.6 Å². The minimum absolute atomic E-state index is 0.0185. The van der Waals surface area contributed by atoms with E-state index in [-0.39, 0.29) is 5.78 Å². The van der Waals surface area contributed by atoms with Crippen molar-refractivity contribution in [3.05, 3.63) is 35.4 Å². The van der Waals surface area contributed by atoms with E-state index in [1.807, 2.05) is 0 Å². The number of carbonyl (C=O) groups is 1. The van der Waals surface area contributed by atoms with E-state index in [2.05, 4.69) is 0 Å². The molecule has 14 heavy (non-hydrogen) atoms. The van der Waals surface area contributed by atoms with Gasteiger partial charge in [-0.25, -0.2) is 8.78 Å². The first-order chi connectivity index (χ1) is 6.54. The number of halogens is 2. The summed E-state index contributed by atoms with van der Waals surface area (Å²) in [6.45, 7) is 3.38. The van der Waals surface area contributed by atoms with Crippen LogP contribution in [0.15, 0.2) is 18.2 Å². The molecule has 0 aliphatic rings. The van der Waals surface area contributed by atoms with Gasteiger partial charge in [-0.1, -0.05) is 13.8 Å². The van der Waals surface area contributed by atoms with Gasteiger partial charge < -0.3 is 0 Å². The van der Waals surface area contributed by atoms with E-state index in [0.717, 1.165) is 6.07 Å².